The highest BCUT2D eigenvalue weighted by Gasteiger charge is 2.27. The van der Waals surface area contributed by atoms with Gasteiger partial charge in [-0.1, -0.05) is 6.07 Å². The van der Waals surface area contributed by atoms with Gasteiger partial charge in [0.15, 0.2) is 0 Å². The summed E-state index contributed by atoms with van der Waals surface area (Å²) in [6.45, 7) is 9.18. The van der Waals surface area contributed by atoms with Gasteiger partial charge in [0.05, 0.1) is 11.6 Å². The van der Waals surface area contributed by atoms with E-state index in [-0.39, 0.29) is 11.8 Å². The van der Waals surface area contributed by atoms with Crippen LogP contribution in [0.15, 0.2) is 24.4 Å². The zero-order valence-electron chi connectivity index (χ0n) is 14.6. The van der Waals surface area contributed by atoms with Gasteiger partial charge in [-0.15, -0.1) is 0 Å². The number of aromatic nitrogens is 3. The van der Waals surface area contributed by atoms with Gasteiger partial charge in [0.1, 0.15) is 5.82 Å². The lowest BCUT2D eigenvalue weighted by molar-refractivity contribution is -0.132. The molecule has 1 aliphatic heterocycles. The fourth-order valence-corrected chi connectivity index (χ4v) is 3.50. The summed E-state index contributed by atoms with van der Waals surface area (Å²) in [4.78, 5) is 21.6. The summed E-state index contributed by atoms with van der Waals surface area (Å²) in [5.41, 5.74) is 2.93. The lowest BCUT2D eigenvalue weighted by Gasteiger charge is -2.25. The van der Waals surface area contributed by atoms with E-state index in [2.05, 4.69) is 20.1 Å². The Morgan fingerprint density at radius 2 is 2.04 bits per heavy atom. The van der Waals surface area contributed by atoms with Crippen molar-refractivity contribution >= 4 is 11.7 Å². The topological polar surface area (TPSA) is 65.1 Å². The van der Waals surface area contributed by atoms with Crippen LogP contribution < -0.4 is 4.90 Å². The Hall–Kier alpha value is -2.37. The molecule has 6 heteroatoms. The van der Waals surface area contributed by atoms with Gasteiger partial charge in [-0.05, 0) is 39.3 Å². The first kappa shape index (κ1) is 16.5. The van der Waals surface area contributed by atoms with Crippen LogP contribution in [0.3, 0.4) is 0 Å². The number of hydrogen-bond donors (Lipinski definition) is 1. The standard InChI is InChI=1S/C18H25N5O/c1-13(17-14(2)20-21-15(17)3)18(24)23-10-6-9-22(11-12-23)16-7-4-5-8-19-16/h4-5,7-8,13H,6,9-12H2,1-3H3,(H,20,21). The van der Waals surface area contributed by atoms with Gasteiger partial charge in [0.2, 0.25) is 5.91 Å². The maximum Gasteiger partial charge on any atom is 0.230 e. The van der Waals surface area contributed by atoms with E-state index < -0.39 is 0 Å². The Balaban J connectivity index is 1.68. The minimum absolute atomic E-state index is 0.162. The molecule has 2 aromatic rings. The molecule has 24 heavy (non-hydrogen) atoms. The molecule has 128 valence electrons. The molecule has 1 saturated heterocycles. The molecule has 3 heterocycles. The number of rotatable bonds is 3. The zero-order valence-corrected chi connectivity index (χ0v) is 14.6. The average molecular weight is 327 g/mol. The van der Waals surface area contributed by atoms with Crippen LogP contribution in [0, 0.1) is 13.8 Å². The first-order chi connectivity index (χ1) is 11.6. The number of H-pyrrole nitrogens is 1. The summed E-state index contributed by atoms with van der Waals surface area (Å²) < 4.78 is 0. The Morgan fingerprint density at radius 3 is 2.71 bits per heavy atom. The largest absolute Gasteiger partial charge is 0.355 e. The second kappa shape index (κ2) is 7.03. The van der Waals surface area contributed by atoms with E-state index in [1.54, 1.807) is 0 Å². The Kier molecular flexibility index (Phi) is 4.83. The Morgan fingerprint density at radius 1 is 1.21 bits per heavy atom. The van der Waals surface area contributed by atoms with Crippen molar-refractivity contribution in [3.63, 3.8) is 0 Å². The summed E-state index contributed by atoms with van der Waals surface area (Å²) in [6.07, 6.45) is 2.77. The number of carbonyl (C=O) groups excluding carboxylic acids is 1. The molecule has 0 aromatic carbocycles. The molecule has 1 aliphatic rings. The van der Waals surface area contributed by atoms with Crippen LogP contribution >= 0.6 is 0 Å². The van der Waals surface area contributed by atoms with Gasteiger partial charge in [0.25, 0.3) is 0 Å². The van der Waals surface area contributed by atoms with E-state index in [0.29, 0.717) is 0 Å². The molecule has 1 unspecified atom stereocenters. The number of aryl methyl sites for hydroxylation is 2. The number of amides is 1. The van der Waals surface area contributed by atoms with E-state index in [1.165, 1.54) is 0 Å². The average Bonchev–Trinajstić information content (AvgIpc) is 2.80. The Labute approximate surface area is 142 Å². The van der Waals surface area contributed by atoms with Gasteiger partial charge in [-0.3, -0.25) is 9.89 Å². The fourth-order valence-electron chi connectivity index (χ4n) is 3.50. The second-order valence-electron chi connectivity index (χ2n) is 6.42. The van der Waals surface area contributed by atoms with Gasteiger partial charge in [-0.2, -0.15) is 5.10 Å². The van der Waals surface area contributed by atoms with Crippen molar-refractivity contribution in [2.45, 2.75) is 33.1 Å². The van der Waals surface area contributed by atoms with Crippen molar-refractivity contribution in [2.24, 2.45) is 0 Å². The summed E-state index contributed by atoms with van der Waals surface area (Å²) in [5.74, 6) is 1.01. The molecule has 2 aromatic heterocycles. The zero-order chi connectivity index (χ0) is 17.1. The molecule has 0 saturated carbocycles. The third-order valence-electron chi connectivity index (χ3n) is 4.77. The second-order valence-corrected chi connectivity index (χ2v) is 6.42. The molecule has 0 spiro atoms. The van der Waals surface area contributed by atoms with Crippen molar-refractivity contribution in [3.8, 4) is 0 Å². The minimum Gasteiger partial charge on any atom is -0.355 e. The van der Waals surface area contributed by atoms with Crippen LogP contribution in [-0.2, 0) is 4.79 Å². The molecule has 0 aliphatic carbocycles. The number of nitrogens with one attached hydrogen (secondary N) is 1. The van der Waals surface area contributed by atoms with Gasteiger partial charge >= 0.3 is 0 Å². The summed E-state index contributed by atoms with van der Waals surface area (Å²) in [5, 5.41) is 7.20. The van der Waals surface area contributed by atoms with Crippen LogP contribution in [0.1, 0.15) is 36.2 Å². The summed E-state index contributed by atoms with van der Waals surface area (Å²) in [7, 11) is 0. The van der Waals surface area contributed by atoms with Crippen molar-refractivity contribution in [1.29, 1.82) is 0 Å². The van der Waals surface area contributed by atoms with Crippen LogP contribution in [-0.4, -0.2) is 52.2 Å². The third-order valence-corrected chi connectivity index (χ3v) is 4.77. The molecule has 1 fully saturated rings. The summed E-state index contributed by atoms with van der Waals surface area (Å²) >= 11 is 0. The SMILES string of the molecule is Cc1n[nH]c(C)c1C(C)C(=O)N1CCCN(c2ccccn2)CC1. The van der Waals surface area contributed by atoms with E-state index in [4.69, 9.17) is 0 Å². The predicted octanol–water partition coefficient (Wildman–Crippen LogP) is 2.26. The molecule has 0 bridgehead atoms. The Bertz CT molecular complexity index is 677. The lowest BCUT2D eigenvalue weighted by atomic mass is 9.97. The monoisotopic (exact) mass is 327 g/mol. The van der Waals surface area contributed by atoms with Gasteiger partial charge in [-0.25, -0.2) is 4.98 Å². The molecule has 1 N–H and O–H groups in total. The molecular weight excluding hydrogens is 302 g/mol. The fraction of sp³-hybridized carbons (Fsp3) is 0.500. The van der Waals surface area contributed by atoms with E-state index >= 15 is 0 Å². The molecular formula is C18H25N5O. The smallest absolute Gasteiger partial charge is 0.230 e. The normalized spacial score (nSPS) is 16.8. The summed E-state index contributed by atoms with van der Waals surface area (Å²) in [6, 6.07) is 5.95. The first-order valence-corrected chi connectivity index (χ1v) is 8.54. The molecule has 6 nitrogen and oxygen atoms in total. The predicted molar refractivity (Wildman–Crippen MR) is 94.1 cm³/mol. The van der Waals surface area contributed by atoms with E-state index in [1.807, 2.05) is 50.1 Å². The quantitative estimate of drug-likeness (QED) is 0.939. The van der Waals surface area contributed by atoms with Crippen molar-refractivity contribution in [3.05, 3.63) is 41.3 Å². The van der Waals surface area contributed by atoms with Crippen LogP contribution in [0.2, 0.25) is 0 Å². The molecule has 1 amide bonds. The molecule has 3 rings (SSSR count). The number of nitrogens with zero attached hydrogens (tertiary/aromatic N) is 4. The highest BCUT2D eigenvalue weighted by atomic mass is 16.2. The van der Waals surface area contributed by atoms with Gasteiger partial charge < -0.3 is 9.80 Å². The van der Waals surface area contributed by atoms with Gasteiger partial charge in [0, 0.05) is 43.6 Å². The van der Waals surface area contributed by atoms with E-state index in [9.17, 15) is 4.79 Å². The third kappa shape index (κ3) is 3.27. The number of pyridine rings is 1. The van der Waals surface area contributed by atoms with Crippen LogP contribution in [0.4, 0.5) is 5.82 Å². The maximum absolute atomic E-state index is 12.9. The van der Waals surface area contributed by atoms with E-state index in [0.717, 1.165) is 55.4 Å². The number of anilines is 1. The highest BCUT2D eigenvalue weighted by molar-refractivity contribution is 5.84. The molecule has 1 atom stereocenters. The number of aromatic amines is 1. The lowest BCUT2D eigenvalue weighted by Crippen LogP contribution is -2.37. The van der Waals surface area contributed by atoms with Crippen molar-refractivity contribution in [2.75, 3.05) is 31.1 Å². The van der Waals surface area contributed by atoms with Crippen molar-refractivity contribution < 1.29 is 4.79 Å². The number of carbonyl (C=O) groups is 1. The highest BCUT2D eigenvalue weighted by Crippen LogP contribution is 2.24. The van der Waals surface area contributed by atoms with Crippen LogP contribution in [0.25, 0.3) is 0 Å². The number of hydrogen-bond acceptors (Lipinski definition) is 4. The van der Waals surface area contributed by atoms with Crippen LogP contribution in [0.5, 0.6) is 0 Å². The maximum atomic E-state index is 12.9. The first-order valence-electron chi connectivity index (χ1n) is 8.54. The van der Waals surface area contributed by atoms with Crippen molar-refractivity contribution in [1.82, 2.24) is 20.1 Å². The minimum atomic E-state index is -0.162. The molecule has 0 radical (unpaired) electrons.